The minimum absolute atomic E-state index is 0.423. The zero-order valence-electron chi connectivity index (χ0n) is 15.9. The van der Waals surface area contributed by atoms with Gasteiger partial charge in [0.05, 0.1) is 0 Å². The predicted molar refractivity (Wildman–Crippen MR) is 118 cm³/mol. The Labute approximate surface area is 162 Å². The van der Waals surface area contributed by atoms with Crippen LogP contribution in [-0.2, 0) is 0 Å². The average molecular weight is 352 g/mol. The third-order valence-electron chi connectivity index (χ3n) is 5.64. The highest BCUT2D eigenvalue weighted by Crippen LogP contribution is 2.37. The smallest absolute Gasteiger partial charge is 0.0102 e. The maximum Gasteiger partial charge on any atom is 0.0102 e. The molecule has 0 spiro atoms. The molecule has 1 radical (unpaired) electrons. The first-order valence-electron chi connectivity index (χ1n) is 10.1. The summed E-state index contributed by atoms with van der Waals surface area (Å²) in [6.45, 7) is 4.00. The number of unbranched alkanes of at least 4 members (excludes halogenated alkanes) is 3. The van der Waals surface area contributed by atoms with Gasteiger partial charge in [-0.15, -0.1) is 0 Å². The molecule has 4 rings (SSSR count). The van der Waals surface area contributed by atoms with E-state index in [0.29, 0.717) is 5.92 Å². The second-order valence-electron chi connectivity index (χ2n) is 7.39. The van der Waals surface area contributed by atoms with Crippen LogP contribution in [0, 0.1) is 6.92 Å². The van der Waals surface area contributed by atoms with Crippen molar-refractivity contribution in [1.82, 2.24) is 0 Å². The van der Waals surface area contributed by atoms with E-state index in [1.165, 1.54) is 58.4 Å². The lowest BCUT2D eigenvalue weighted by atomic mass is 9.82. The fourth-order valence-electron chi connectivity index (χ4n) is 4.29. The Bertz CT molecular complexity index is 938. The molecule has 0 aliphatic carbocycles. The number of rotatable bonds is 7. The molecule has 0 heteroatoms. The molecule has 0 saturated carbocycles. The Kier molecular flexibility index (Phi) is 5.53. The van der Waals surface area contributed by atoms with E-state index in [0.717, 1.165) is 6.42 Å². The van der Waals surface area contributed by atoms with Crippen LogP contribution in [0.15, 0.2) is 84.9 Å². The molecule has 135 valence electrons. The lowest BCUT2D eigenvalue weighted by Gasteiger charge is -2.22. The molecule has 0 N–H and O–H groups in total. The van der Waals surface area contributed by atoms with Crippen molar-refractivity contribution in [2.24, 2.45) is 0 Å². The van der Waals surface area contributed by atoms with Crippen LogP contribution in [0.3, 0.4) is 0 Å². The Morgan fingerprint density at radius 1 is 0.556 bits per heavy atom. The summed E-state index contributed by atoms with van der Waals surface area (Å²) in [5.74, 6) is 0.423. The Balaban J connectivity index is 1.83. The summed E-state index contributed by atoms with van der Waals surface area (Å²) in [5, 5.41) is 5.43. The van der Waals surface area contributed by atoms with E-state index < -0.39 is 0 Å². The first kappa shape index (κ1) is 17.8. The molecule has 27 heavy (non-hydrogen) atoms. The van der Waals surface area contributed by atoms with Gasteiger partial charge in [0.15, 0.2) is 0 Å². The van der Waals surface area contributed by atoms with Crippen LogP contribution in [0.2, 0.25) is 0 Å². The van der Waals surface area contributed by atoms with Gasteiger partial charge in [0.2, 0.25) is 0 Å². The van der Waals surface area contributed by atoms with E-state index in [4.69, 9.17) is 0 Å². The minimum atomic E-state index is 0.423. The first-order chi connectivity index (χ1) is 13.4. The summed E-state index contributed by atoms with van der Waals surface area (Å²) in [6, 6.07) is 31.1. The van der Waals surface area contributed by atoms with Gasteiger partial charge in [0.1, 0.15) is 0 Å². The van der Waals surface area contributed by atoms with Crippen LogP contribution in [0.25, 0.3) is 21.5 Å². The summed E-state index contributed by atoms with van der Waals surface area (Å²) in [7, 11) is 0. The molecule has 0 atom stereocenters. The van der Waals surface area contributed by atoms with E-state index in [1.807, 2.05) is 0 Å². The number of hydrogen-bond donors (Lipinski definition) is 0. The zero-order chi connectivity index (χ0) is 18.5. The van der Waals surface area contributed by atoms with Crippen LogP contribution in [0.1, 0.15) is 49.1 Å². The van der Waals surface area contributed by atoms with Gasteiger partial charge >= 0.3 is 0 Å². The van der Waals surface area contributed by atoms with Gasteiger partial charge < -0.3 is 0 Å². The fourth-order valence-corrected chi connectivity index (χ4v) is 4.29. The highest BCUT2D eigenvalue weighted by molar-refractivity contribution is 5.90. The molecule has 0 amide bonds. The van der Waals surface area contributed by atoms with Crippen molar-refractivity contribution in [1.29, 1.82) is 0 Å². The molecule has 0 heterocycles. The van der Waals surface area contributed by atoms with Crippen LogP contribution in [0.5, 0.6) is 0 Å². The monoisotopic (exact) mass is 351 g/mol. The molecular weight excluding hydrogens is 324 g/mol. The summed E-state index contributed by atoms with van der Waals surface area (Å²) in [5.41, 5.74) is 2.91. The van der Waals surface area contributed by atoms with E-state index in [2.05, 4.69) is 91.9 Å². The molecule has 4 aromatic rings. The third-order valence-corrected chi connectivity index (χ3v) is 5.64. The van der Waals surface area contributed by atoms with Gasteiger partial charge in [-0.3, -0.25) is 0 Å². The van der Waals surface area contributed by atoms with Crippen LogP contribution < -0.4 is 0 Å². The van der Waals surface area contributed by atoms with Crippen LogP contribution in [-0.4, -0.2) is 0 Å². The molecule has 0 unspecified atom stereocenters. The van der Waals surface area contributed by atoms with E-state index in [-0.39, 0.29) is 0 Å². The lowest BCUT2D eigenvalue weighted by molar-refractivity contribution is 0.608. The highest BCUT2D eigenvalue weighted by Gasteiger charge is 2.18. The van der Waals surface area contributed by atoms with Crippen LogP contribution in [0.4, 0.5) is 0 Å². The number of fused-ring (bicyclic) bond motifs is 2. The number of hydrogen-bond acceptors (Lipinski definition) is 0. The van der Waals surface area contributed by atoms with E-state index in [9.17, 15) is 0 Å². The largest absolute Gasteiger partial charge is 0.0616 e. The molecule has 0 saturated heterocycles. The second-order valence-corrected chi connectivity index (χ2v) is 7.39. The van der Waals surface area contributed by atoms with E-state index in [1.54, 1.807) is 0 Å². The van der Waals surface area contributed by atoms with Crippen molar-refractivity contribution in [3.8, 4) is 0 Å². The molecule has 0 aliphatic heterocycles. The van der Waals surface area contributed by atoms with Gasteiger partial charge in [-0.25, -0.2) is 0 Å². The molecule has 0 fully saturated rings. The van der Waals surface area contributed by atoms with Crippen molar-refractivity contribution in [3.05, 3.63) is 103 Å². The molecule has 0 nitrogen and oxygen atoms in total. The standard InChI is InChI=1S/C27H27/c1-2-3-4-5-18-27(25-19-10-14-21-12-6-8-16-23(21)25)26-20-11-15-22-13-7-9-17-24(22)26/h6-17,19-20,27H,1-5,18H2. The SMILES string of the molecule is [CH2]CCCCCC(c1cccc2ccccc12)c1cccc2ccccc12. The zero-order valence-corrected chi connectivity index (χ0v) is 15.9. The normalized spacial score (nSPS) is 11.5. The maximum absolute atomic E-state index is 4.00. The maximum atomic E-state index is 4.00. The summed E-state index contributed by atoms with van der Waals surface area (Å²) < 4.78 is 0. The van der Waals surface area contributed by atoms with Gasteiger partial charge in [-0.05, 0) is 39.1 Å². The van der Waals surface area contributed by atoms with Crippen molar-refractivity contribution in [3.63, 3.8) is 0 Å². The Morgan fingerprint density at radius 2 is 1.07 bits per heavy atom. The Morgan fingerprint density at radius 3 is 1.63 bits per heavy atom. The molecule has 0 aliphatic rings. The Hall–Kier alpha value is -2.60. The highest BCUT2D eigenvalue weighted by atomic mass is 14.2. The van der Waals surface area contributed by atoms with Crippen molar-refractivity contribution in [2.75, 3.05) is 0 Å². The second kappa shape index (κ2) is 8.39. The lowest BCUT2D eigenvalue weighted by Crippen LogP contribution is -2.03. The van der Waals surface area contributed by atoms with Crippen molar-refractivity contribution in [2.45, 2.75) is 38.0 Å². The minimum Gasteiger partial charge on any atom is -0.0616 e. The topological polar surface area (TPSA) is 0 Å². The predicted octanol–water partition coefficient (Wildman–Crippen LogP) is 7.91. The summed E-state index contributed by atoms with van der Waals surface area (Å²) >= 11 is 0. The van der Waals surface area contributed by atoms with Gasteiger partial charge in [-0.1, -0.05) is 118 Å². The molecule has 4 aromatic carbocycles. The molecule has 0 bridgehead atoms. The summed E-state index contributed by atoms with van der Waals surface area (Å²) in [6.07, 6.45) is 5.94. The quantitative estimate of drug-likeness (QED) is 0.297. The molecular formula is C27H27. The van der Waals surface area contributed by atoms with Crippen molar-refractivity contribution < 1.29 is 0 Å². The van der Waals surface area contributed by atoms with Gasteiger partial charge in [0, 0.05) is 5.92 Å². The number of benzene rings is 4. The fraction of sp³-hybridized carbons (Fsp3) is 0.222. The van der Waals surface area contributed by atoms with Crippen molar-refractivity contribution >= 4 is 21.5 Å². The third kappa shape index (κ3) is 3.76. The van der Waals surface area contributed by atoms with Gasteiger partial charge in [0.25, 0.3) is 0 Å². The summed E-state index contributed by atoms with van der Waals surface area (Å²) in [4.78, 5) is 0. The van der Waals surface area contributed by atoms with Gasteiger partial charge in [-0.2, -0.15) is 0 Å². The van der Waals surface area contributed by atoms with E-state index >= 15 is 0 Å². The molecule has 0 aromatic heterocycles. The average Bonchev–Trinajstić information content (AvgIpc) is 2.73. The van der Waals surface area contributed by atoms with Crippen LogP contribution >= 0.6 is 0 Å². The first-order valence-corrected chi connectivity index (χ1v) is 10.1.